The van der Waals surface area contributed by atoms with Crippen molar-refractivity contribution >= 4 is 16.6 Å². The van der Waals surface area contributed by atoms with Crippen LogP contribution in [-0.4, -0.2) is 19.1 Å². The Kier molecular flexibility index (Phi) is 3.32. The van der Waals surface area contributed by atoms with Crippen molar-refractivity contribution in [1.29, 1.82) is 0 Å². The van der Waals surface area contributed by atoms with Crippen molar-refractivity contribution in [2.24, 2.45) is 0 Å². The molecule has 1 aromatic heterocycles. The SMILES string of the molecule is CCc1cc(N(C)C)c2nccc(CC)c2c1. The van der Waals surface area contributed by atoms with E-state index in [1.165, 1.54) is 22.2 Å². The van der Waals surface area contributed by atoms with Crippen LogP contribution in [0, 0.1) is 0 Å². The fourth-order valence-corrected chi connectivity index (χ4v) is 2.20. The van der Waals surface area contributed by atoms with Crippen LogP contribution in [0.3, 0.4) is 0 Å². The Hall–Kier alpha value is -1.57. The van der Waals surface area contributed by atoms with Gasteiger partial charge in [-0.05, 0) is 42.2 Å². The first-order valence-electron chi connectivity index (χ1n) is 6.25. The Bertz CT molecular complexity index is 530. The summed E-state index contributed by atoms with van der Waals surface area (Å²) in [6.07, 6.45) is 4.04. The summed E-state index contributed by atoms with van der Waals surface area (Å²) in [7, 11) is 4.16. The van der Waals surface area contributed by atoms with E-state index < -0.39 is 0 Å². The Balaban J connectivity index is 2.80. The Morgan fingerprint density at radius 2 is 1.88 bits per heavy atom. The average molecular weight is 228 g/mol. The molecule has 2 heteroatoms. The van der Waals surface area contributed by atoms with Crippen LogP contribution in [0.1, 0.15) is 25.0 Å². The Labute approximate surface area is 103 Å². The first-order chi connectivity index (χ1) is 8.17. The molecule has 0 radical (unpaired) electrons. The van der Waals surface area contributed by atoms with Gasteiger partial charge in [-0.25, -0.2) is 0 Å². The van der Waals surface area contributed by atoms with E-state index in [0.717, 1.165) is 18.4 Å². The topological polar surface area (TPSA) is 16.1 Å². The summed E-state index contributed by atoms with van der Waals surface area (Å²) in [6.45, 7) is 4.39. The van der Waals surface area contributed by atoms with Crippen molar-refractivity contribution in [3.05, 3.63) is 35.5 Å². The van der Waals surface area contributed by atoms with E-state index in [1.807, 2.05) is 6.20 Å². The van der Waals surface area contributed by atoms with Gasteiger partial charge in [0.25, 0.3) is 0 Å². The zero-order valence-electron chi connectivity index (χ0n) is 11.1. The third-order valence-electron chi connectivity index (χ3n) is 3.25. The van der Waals surface area contributed by atoms with Gasteiger partial charge in [0.05, 0.1) is 11.2 Å². The largest absolute Gasteiger partial charge is 0.376 e. The van der Waals surface area contributed by atoms with Gasteiger partial charge in [-0.15, -0.1) is 0 Å². The summed E-state index contributed by atoms with van der Waals surface area (Å²) in [5.74, 6) is 0. The molecule has 0 N–H and O–H groups in total. The van der Waals surface area contributed by atoms with Gasteiger partial charge < -0.3 is 4.90 Å². The van der Waals surface area contributed by atoms with Crippen LogP contribution in [0.4, 0.5) is 5.69 Å². The average Bonchev–Trinajstić information content (AvgIpc) is 2.36. The molecule has 0 aliphatic rings. The fourth-order valence-electron chi connectivity index (χ4n) is 2.20. The van der Waals surface area contributed by atoms with Gasteiger partial charge in [-0.1, -0.05) is 13.8 Å². The highest BCUT2D eigenvalue weighted by Gasteiger charge is 2.09. The number of anilines is 1. The summed E-state index contributed by atoms with van der Waals surface area (Å²) in [5.41, 5.74) is 5.10. The quantitative estimate of drug-likeness (QED) is 0.800. The molecule has 0 aliphatic heterocycles. The normalized spacial score (nSPS) is 10.8. The zero-order chi connectivity index (χ0) is 12.4. The maximum atomic E-state index is 4.54. The predicted molar refractivity (Wildman–Crippen MR) is 74.8 cm³/mol. The number of hydrogen-bond donors (Lipinski definition) is 0. The van der Waals surface area contributed by atoms with Gasteiger partial charge in [-0.2, -0.15) is 0 Å². The maximum absolute atomic E-state index is 4.54. The molecule has 0 aliphatic carbocycles. The summed E-state index contributed by atoms with van der Waals surface area (Å²) < 4.78 is 0. The van der Waals surface area contributed by atoms with Crippen LogP contribution in [0.5, 0.6) is 0 Å². The molecule has 1 aromatic carbocycles. The number of benzene rings is 1. The summed E-state index contributed by atoms with van der Waals surface area (Å²) >= 11 is 0. The Morgan fingerprint density at radius 3 is 2.47 bits per heavy atom. The molecule has 0 spiro atoms. The van der Waals surface area contributed by atoms with E-state index in [1.54, 1.807) is 0 Å². The molecule has 0 bridgehead atoms. The van der Waals surface area contributed by atoms with Crippen molar-refractivity contribution < 1.29 is 0 Å². The van der Waals surface area contributed by atoms with Crippen LogP contribution in [0.15, 0.2) is 24.4 Å². The van der Waals surface area contributed by atoms with Crippen LogP contribution in [-0.2, 0) is 12.8 Å². The van der Waals surface area contributed by atoms with Gasteiger partial charge in [0.1, 0.15) is 0 Å². The predicted octanol–water partition coefficient (Wildman–Crippen LogP) is 3.43. The summed E-state index contributed by atoms with van der Waals surface area (Å²) in [5, 5.41) is 1.30. The number of aromatic nitrogens is 1. The molecule has 0 unspecified atom stereocenters. The van der Waals surface area contributed by atoms with E-state index in [9.17, 15) is 0 Å². The van der Waals surface area contributed by atoms with Gasteiger partial charge in [0, 0.05) is 25.7 Å². The molecule has 0 atom stereocenters. The Morgan fingerprint density at radius 1 is 1.12 bits per heavy atom. The number of fused-ring (bicyclic) bond motifs is 1. The molecule has 0 fully saturated rings. The number of pyridine rings is 1. The summed E-state index contributed by atoms with van der Waals surface area (Å²) in [4.78, 5) is 6.69. The van der Waals surface area contributed by atoms with Crippen LogP contribution in [0.25, 0.3) is 10.9 Å². The van der Waals surface area contributed by atoms with E-state index >= 15 is 0 Å². The number of rotatable bonds is 3. The molecule has 1 heterocycles. The standard InChI is InChI=1S/C15H20N2/c1-5-11-9-13-12(6-2)7-8-16-15(13)14(10-11)17(3)4/h7-10H,5-6H2,1-4H3. The fraction of sp³-hybridized carbons (Fsp3) is 0.400. The molecule has 17 heavy (non-hydrogen) atoms. The van der Waals surface area contributed by atoms with Crippen LogP contribution < -0.4 is 4.90 Å². The highest BCUT2D eigenvalue weighted by atomic mass is 15.1. The second-order valence-corrected chi connectivity index (χ2v) is 4.58. The minimum atomic E-state index is 1.05. The molecule has 0 saturated carbocycles. The second-order valence-electron chi connectivity index (χ2n) is 4.58. The third kappa shape index (κ3) is 2.12. The smallest absolute Gasteiger partial charge is 0.0938 e. The van der Waals surface area contributed by atoms with Gasteiger partial charge in [-0.3, -0.25) is 4.98 Å². The highest BCUT2D eigenvalue weighted by Crippen LogP contribution is 2.28. The lowest BCUT2D eigenvalue weighted by molar-refractivity contribution is 1.09. The number of hydrogen-bond acceptors (Lipinski definition) is 2. The van der Waals surface area contributed by atoms with Crippen molar-refractivity contribution in [3.63, 3.8) is 0 Å². The van der Waals surface area contributed by atoms with Crippen molar-refractivity contribution in [3.8, 4) is 0 Å². The lowest BCUT2D eigenvalue weighted by Crippen LogP contribution is -2.10. The van der Waals surface area contributed by atoms with Gasteiger partial charge >= 0.3 is 0 Å². The lowest BCUT2D eigenvalue weighted by Gasteiger charge is -2.17. The molecular formula is C15H20N2. The minimum Gasteiger partial charge on any atom is -0.376 e. The molecule has 2 rings (SSSR count). The second kappa shape index (κ2) is 4.74. The molecule has 90 valence electrons. The highest BCUT2D eigenvalue weighted by molar-refractivity contribution is 5.93. The molecule has 2 aromatic rings. The maximum Gasteiger partial charge on any atom is 0.0938 e. The molecular weight excluding hydrogens is 208 g/mol. The molecule has 2 nitrogen and oxygen atoms in total. The minimum absolute atomic E-state index is 1.05. The van der Waals surface area contributed by atoms with E-state index in [4.69, 9.17) is 0 Å². The number of nitrogens with zero attached hydrogens (tertiary/aromatic N) is 2. The first kappa shape index (κ1) is 11.9. The van der Waals surface area contributed by atoms with E-state index in [2.05, 4.69) is 56.0 Å². The van der Waals surface area contributed by atoms with Gasteiger partial charge in [0.2, 0.25) is 0 Å². The van der Waals surface area contributed by atoms with Crippen molar-refractivity contribution in [1.82, 2.24) is 4.98 Å². The molecule has 0 amide bonds. The monoisotopic (exact) mass is 228 g/mol. The first-order valence-corrected chi connectivity index (χ1v) is 6.25. The van der Waals surface area contributed by atoms with E-state index in [0.29, 0.717) is 0 Å². The van der Waals surface area contributed by atoms with Crippen molar-refractivity contribution in [2.75, 3.05) is 19.0 Å². The van der Waals surface area contributed by atoms with E-state index in [-0.39, 0.29) is 0 Å². The van der Waals surface area contributed by atoms with Crippen LogP contribution in [0.2, 0.25) is 0 Å². The third-order valence-corrected chi connectivity index (χ3v) is 3.25. The zero-order valence-corrected chi connectivity index (χ0v) is 11.1. The summed E-state index contributed by atoms with van der Waals surface area (Å²) in [6, 6.07) is 6.66. The van der Waals surface area contributed by atoms with Crippen LogP contribution >= 0.6 is 0 Å². The molecule has 0 saturated heterocycles. The lowest BCUT2D eigenvalue weighted by atomic mass is 10.0. The van der Waals surface area contributed by atoms with Gasteiger partial charge in [0.15, 0.2) is 0 Å². The van der Waals surface area contributed by atoms with Crippen molar-refractivity contribution in [2.45, 2.75) is 26.7 Å². The number of aryl methyl sites for hydroxylation is 2.